The van der Waals surface area contributed by atoms with Crippen LogP contribution in [0.3, 0.4) is 0 Å². The van der Waals surface area contributed by atoms with E-state index in [1.807, 2.05) is 0 Å². The first kappa shape index (κ1) is 10.7. The number of rotatable bonds is 2. The van der Waals surface area contributed by atoms with Gasteiger partial charge in [0, 0.05) is 6.54 Å². The van der Waals surface area contributed by atoms with Gasteiger partial charge < -0.3 is 0 Å². The van der Waals surface area contributed by atoms with Crippen molar-refractivity contribution in [1.29, 1.82) is 5.41 Å². The highest BCUT2D eigenvalue weighted by atomic mass is 32.2. The molecule has 1 aromatic rings. The van der Waals surface area contributed by atoms with Gasteiger partial charge in [0.1, 0.15) is 16.5 Å². The summed E-state index contributed by atoms with van der Waals surface area (Å²) in [5.74, 6) is -0.554. The van der Waals surface area contributed by atoms with Crippen molar-refractivity contribution in [2.24, 2.45) is 5.92 Å². The Morgan fingerprint density at radius 3 is 2.71 bits per heavy atom. The van der Waals surface area contributed by atoms with Crippen molar-refractivity contribution in [3.05, 3.63) is 29.6 Å². The highest BCUT2D eigenvalue weighted by Crippen LogP contribution is 2.37. The quantitative estimate of drug-likeness (QED) is 0.870. The molecule has 0 radical (unpaired) electrons. The fourth-order valence-corrected chi connectivity index (χ4v) is 3.72. The molecule has 1 aliphatic heterocycles. The predicted molar refractivity (Wildman–Crippen MR) is 59.8 cm³/mol. The molecule has 0 atom stereocenters. The van der Waals surface area contributed by atoms with Gasteiger partial charge in [0.25, 0.3) is 10.0 Å². The van der Waals surface area contributed by atoms with Crippen molar-refractivity contribution in [2.75, 3.05) is 6.54 Å². The second-order valence-electron chi connectivity index (χ2n) is 4.44. The van der Waals surface area contributed by atoms with Gasteiger partial charge in [0.05, 0.1) is 5.56 Å². The van der Waals surface area contributed by atoms with Crippen molar-refractivity contribution in [3.8, 4) is 0 Å². The van der Waals surface area contributed by atoms with E-state index in [4.69, 9.17) is 5.41 Å². The molecular formula is C11H11FN2O2S. The molecule has 0 aromatic heterocycles. The molecule has 0 unspecified atom stereocenters. The molecule has 0 amide bonds. The Hall–Kier alpha value is -1.43. The second-order valence-corrected chi connectivity index (χ2v) is 6.27. The number of benzene rings is 1. The first-order valence-corrected chi connectivity index (χ1v) is 6.86. The van der Waals surface area contributed by atoms with Gasteiger partial charge in [-0.3, -0.25) is 5.41 Å². The standard InChI is InChI=1S/C11H11FN2O2S/c12-8-2-1-3-9-10(8)11(13)14(17(9,15)16)6-7-4-5-7/h1-3,7,13H,4-6H2. The predicted octanol–water partition coefficient (Wildman–Crippen LogP) is 1.57. The van der Waals surface area contributed by atoms with Crippen molar-refractivity contribution in [3.63, 3.8) is 0 Å². The summed E-state index contributed by atoms with van der Waals surface area (Å²) in [4.78, 5) is -0.0804. The molecule has 1 saturated carbocycles. The van der Waals surface area contributed by atoms with Gasteiger partial charge in [-0.05, 0) is 30.9 Å². The Morgan fingerprint density at radius 1 is 1.41 bits per heavy atom. The molecule has 1 heterocycles. The summed E-state index contributed by atoms with van der Waals surface area (Å²) in [7, 11) is -3.70. The summed E-state index contributed by atoms with van der Waals surface area (Å²) in [5.41, 5.74) is -0.0897. The lowest BCUT2D eigenvalue weighted by Crippen LogP contribution is -2.32. The minimum atomic E-state index is -3.70. The number of fused-ring (bicyclic) bond motifs is 1. The van der Waals surface area contributed by atoms with E-state index < -0.39 is 15.8 Å². The van der Waals surface area contributed by atoms with Crippen LogP contribution in [0.2, 0.25) is 0 Å². The minimum absolute atomic E-state index is 0.0804. The lowest BCUT2D eigenvalue weighted by molar-refractivity contribution is 0.512. The largest absolute Gasteiger partial charge is 0.283 e. The molecule has 1 N–H and O–H groups in total. The molecule has 6 heteroatoms. The molecule has 1 fully saturated rings. The third kappa shape index (κ3) is 1.47. The second kappa shape index (κ2) is 3.29. The van der Waals surface area contributed by atoms with E-state index in [0.717, 1.165) is 17.1 Å². The Morgan fingerprint density at radius 2 is 2.12 bits per heavy atom. The molecule has 0 bridgehead atoms. The van der Waals surface area contributed by atoms with Crippen LogP contribution in [0.1, 0.15) is 18.4 Å². The van der Waals surface area contributed by atoms with Gasteiger partial charge in [-0.1, -0.05) is 6.07 Å². The van der Waals surface area contributed by atoms with Gasteiger partial charge in [0.2, 0.25) is 0 Å². The molecular weight excluding hydrogens is 243 g/mol. The first-order valence-electron chi connectivity index (χ1n) is 5.42. The average molecular weight is 254 g/mol. The molecule has 90 valence electrons. The SMILES string of the molecule is N=C1c2c(F)cccc2S(=O)(=O)N1CC1CC1. The van der Waals surface area contributed by atoms with E-state index in [1.54, 1.807) is 0 Å². The van der Waals surface area contributed by atoms with E-state index in [9.17, 15) is 12.8 Å². The summed E-state index contributed by atoms with van der Waals surface area (Å²) < 4.78 is 38.9. The number of hydrogen-bond acceptors (Lipinski definition) is 3. The topological polar surface area (TPSA) is 61.2 Å². The summed E-state index contributed by atoms with van der Waals surface area (Å²) >= 11 is 0. The third-order valence-corrected chi connectivity index (χ3v) is 4.96. The highest BCUT2D eigenvalue weighted by Gasteiger charge is 2.42. The van der Waals surface area contributed by atoms with Gasteiger partial charge in [0.15, 0.2) is 0 Å². The van der Waals surface area contributed by atoms with E-state index >= 15 is 0 Å². The first-order chi connectivity index (χ1) is 8.01. The maximum Gasteiger partial charge on any atom is 0.266 e. The number of halogens is 1. The van der Waals surface area contributed by atoms with Crippen molar-refractivity contribution < 1.29 is 12.8 Å². The van der Waals surface area contributed by atoms with Crippen LogP contribution in [-0.2, 0) is 10.0 Å². The Bertz CT molecular complexity index is 608. The smallest absolute Gasteiger partial charge is 0.266 e. The van der Waals surface area contributed by atoms with E-state index in [1.165, 1.54) is 18.2 Å². The Kier molecular flexibility index (Phi) is 2.07. The molecule has 4 nitrogen and oxygen atoms in total. The number of amidine groups is 1. The fourth-order valence-electron chi connectivity index (χ4n) is 2.04. The van der Waals surface area contributed by atoms with E-state index in [2.05, 4.69) is 0 Å². The van der Waals surface area contributed by atoms with E-state index in [0.29, 0.717) is 12.5 Å². The lowest BCUT2D eigenvalue weighted by Gasteiger charge is -2.16. The monoisotopic (exact) mass is 254 g/mol. The van der Waals surface area contributed by atoms with Crippen molar-refractivity contribution in [1.82, 2.24) is 4.31 Å². The highest BCUT2D eigenvalue weighted by molar-refractivity contribution is 7.90. The van der Waals surface area contributed by atoms with Crippen LogP contribution >= 0.6 is 0 Å². The molecule has 0 saturated heterocycles. The number of nitrogens with one attached hydrogen (secondary N) is 1. The number of nitrogens with zero attached hydrogens (tertiary/aromatic N) is 1. The van der Waals surface area contributed by atoms with E-state index in [-0.39, 0.29) is 16.3 Å². The third-order valence-electron chi connectivity index (χ3n) is 3.15. The number of hydrogen-bond donors (Lipinski definition) is 1. The molecule has 1 aromatic carbocycles. The van der Waals surface area contributed by atoms with Gasteiger partial charge >= 0.3 is 0 Å². The maximum absolute atomic E-state index is 13.6. The van der Waals surface area contributed by atoms with Crippen LogP contribution in [0, 0.1) is 17.1 Å². The van der Waals surface area contributed by atoms with Gasteiger partial charge in [-0.15, -0.1) is 0 Å². The van der Waals surface area contributed by atoms with Crippen molar-refractivity contribution in [2.45, 2.75) is 17.7 Å². The van der Waals surface area contributed by atoms with Crippen LogP contribution in [0.15, 0.2) is 23.1 Å². The summed E-state index contributed by atoms with van der Waals surface area (Å²) in [6.45, 7) is 0.301. The lowest BCUT2D eigenvalue weighted by atomic mass is 10.2. The summed E-state index contributed by atoms with van der Waals surface area (Å²) in [6.07, 6.45) is 1.97. The molecule has 17 heavy (non-hydrogen) atoms. The van der Waals surface area contributed by atoms with Crippen LogP contribution in [0.25, 0.3) is 0 Å². The van der Waals surface area contributed by atoms with Crippen LogP contribution in [-0.4, -0.2) is 25.1 Å². The zero-order valence-corrected chi connectivity index (χ0v) is 9.80. The maximum atomic E-state index is 13.6. The van der Waals surface area contributed by atoms with Crippen molar-refractivity contribution >= 4 is 15.9 Å². The molecule has 2 aliphatic rings. The van der Waals surface area contributed by atoms with Gasteiger partial charge in [-0.2, -0.15) is 0 Å². The molecule has 3 rings (SSSR count). The normalized spacial score (nSPS) is 21.7. The Balaban J connectivity index is 2.13. The number of sulfonamides is 1. The minimum Gasteiger partial charge on any atom is -0.283 e. The zero-order chi connectivity index (χ0) is 12.2. The zero-order valence-electron chi connectivity index (χ0n) is 8.98. The summed E-state index contributed by atoms with van der Waals surface area (Å²) in [6, 6.07) is 3.90. The Labute approximate surface area is 98.6 Å². The van der Waals surface area contributed by atoms with Crippen LogP contribution in [0.5, 0.6) is 0 Å². The fraction of sp³-hybridized carbons (Fsp3) is 0.364. The summed E-state index contributed by atoms with van der Waals surface area (Å²) in [5, 5.41) is 7.81. The van der Waals surface area contributed by atoms with Crippen LogP contribution in [0.4, 0.5) is 4.39 Å². The van der Waals surface area contributed by atoms with Gasteiger partial charge in [-0.25, -0.2) is 17.1 Å². The molecule has 1 aliphatic carbocycles. The van der Waals surface area contributed by atoms with Crippen LogP contribution < -0.4 is 0 Å². The average Bonchev–Trinajstić information content (AvgIpc) is 3.05. The molecule has 0 spiro atoms.